The van der Waals surface area contributed by atoms with Gasteiger partial charge in [-0.3, -0.25) is 9.36 Å². The van der Waals surface area contributed by atoms with Gasteiger partial charge in [0, 0.05) is 63.0 Å². The van der Waals surface area contributed by atoms with E-state index in [-0.39, 0.29) is 5.91 Å². The van der Waals surface area contributed by atoms with E-state index in [0.29, 0.717) is 0 Å². The van der Waals surface area contributed by atoms with E-state index in [1.165, 1.54) is 10.8 Å². The van der Waals surface area contributed by atoms with Crippen LogP contribution in [0.5, 0.6) is 0 Å². The van der Waals surface area contributed by atoms with Crippen LogP contribution in [0.2, 0.25) is 0 Å². The average Bonchev–Trinajstić information content (AvgIpc) is 3.56. The number of aromatic nitrogens is 3. The molecule has 0 aliphatic heterocycles. The quantitative estimate of drug-likeness (QED) is 0.284. The Bertz CT molecular complexity index is 1770. The summed E-state index contributed by atoms with van der Waals surface area (Å²) in [5.41, 5.74) is 8.53. The van der Waals surface area contributed by atoms with Gasteiger partial charge < -0.3 is 9.97 Å². The van der Waals surface area contributed by atoms with Crippen molar-refractivity contribution in [3.05, 3.63) is 97.3 Å². The second kappa shape index (κ2) is 6.96. The fourth-order valence-electron chi connectivity index (χ4n) is 5.31. The maximum atomic E-state index is 12.9. The summed E-state index contributed by atoms with van der Waals surface area (Å²) in [7, 11) is 0. The summed E-state index contributed by atoms with van der Waals surface area (Å²) in [5.74, 6) is 0.00662. The predicted molar refractivity (Wildman–Crippen MR) is 140 cm³/mol. The average molecular weight is 440 g/mol. The van der Waals surface area contributed by atoms with Crippen molar-refractivity contribution in [2.75, 3.05) is 0 Å². The van der Waals surface area contributed by atoms with Crippen LogP contribution in [0.1, 0.15) is 11.7 Å². The van der Waals surface area contributed by atoms with Gasteiger partial charge in [0.1, 0.15) is 0 Å². The topological polar surface area (TPSA) is 53.6 Å². The van der Waals surface area contributed by atoms with Crippen LogP contribution in [0.25, 0.3) is 65.9 Å². The number of carbonyl (C=O) groups is 1. The summed E-state index contributed by atoms with van der Waals surface area (Å²) in [4.78, 5) is 19.6. The number of benzene rings is 4. The summed E-state index contributed by atoms with van der Waals surface area (Å²) in [6, 6.07) is 29.4. The zero-order chi connectivity index (χ0) is 22.8. The Morgan fingerprint density at radius 3 is 1.56 bits per heavy atom. The fraction of sp³-hybridized carbons (Fsp3) is 0.0333. The van der Waals surface area contributed by atoms with E-state index in [0.717, 1.165) is 55.1 Å². The van der Waals surface area contributed by atoms with E-state index in [1.807, 2.05) is 29.1 Å². The molecule has 0 spiro atoms. The molecule has 0 aliphatic rings. The highest BCUT2D eigenvalue weighted by Crippen LogP contribution is 2.37. The lowest BCUT2D eigenvalue weighted by Gasteiger charge is -2.05. The van der Waals surface area contributed by atoms with Gasteiger partial charge in [-0.05, 0) is 35.4 Å². The van der Waals surface area contributed by atoms with Gasteiger partial charge in [-0.1, -0.05) is 60.7 Å². The highest BCUT2D eigenvalue weighted by Gasteiger charge is 2.17. The molecule has 0 unspecified atom stereocenters. The monoisotopic (exact) mass is 439 g/mol. The molecule has 0 aliphatic carbocycles. The van der Waals surface area contributed by atoms with Crippen molar-refractivity contribution in [1.29, 1.82) is 0 Å². The molecule has 0 saturated carbocycles. The standard InChI is InChI=1S/C30H21N3O/c1-18(34)33-29-14-19(25-16-31-27-8-4-2-6-21(25)27)10-12-23(29)24-13-11-20(15-30(24)33)26-17-32-28-9-5-3-7-22(26)28/h2-17,31-32H,1H3. The second-order valence-electron chi connectivity index (χ2n) is 8.81. The van der Waals surface area contributed by atoms with Crippen LogP contribution in [0, 0.1) is 0 Å². The first kappa shape index (κ1) is 18.9. The molecular formula is C30H21N3O. The van der Waals surface area contributed by atoms with Crippen LogP contribution in [0.15, 0.2) is 97.3 Å². The van der Waals surface area contributed by atoms with Crippen molar-refractivity contribution >= 4 is 49.5 Å². The van der Waals surface area contributed by atoms with Crippen molar-refractivity contribution < 1.29 is 4.79 Å². The third kappa shape index (κ3) is 2.63. The highest BCUT2D eigenvalue weighted by atomic mass is 16.1. The van der Waals surface area contributed by atoms with Gasteiger partial charge >= 0.3 is 0 Å². The molecule has 0 saturated heterocycles. The molecule has 4 nitrogen and oxygen atoms in total. The van der Waals surface area contributed by atoms with Crippen LogP contribution in [0.4, 0.5) is 0 Å². The summed E-state index contributed by atoms with van der Waals surface area (Å²) in [6.45, 7) is 1.63. The number of nitrogens with zero attached hydrogens (tertiary/aromatic N) is 1. The SMILES string of the molecule is CC(=O)n1c2cc(-c3c[nH]c4ccccc34)ccc2c2ccc(-c3c[nH]c4ccccc34)cc21. The highest BCUT2D eigenvalue weighted by molar-refractivity contribution is 6.15. The van der Waals surface area contributed by atoms with Crippen LogP contribution in [0.3, 0.4) is 0 Å². The van der Waals surface area contributed by atoms with Crippen LogP contribution in [-0.2, 0) is 0 Å². The molecule has 7 aromatic rings. The van der Waals surface area contributed by atoms with E-state index >= 15 is 0 Å². The lowest BCUT2D eigenvalue weighted by molar-refractivity contribution is 0.0946. The van der Waals surface area contributed by atoms with Crippen molar-refractivity contribution in [3.63, 3.8) is 0 Å². The van der Waals surface area contributed by atoms with E-state index < -0.39 is 0 Å². The summed E-state index contributed by atoms with van der Waals surface area (Å²) in [5, 5.41) is 4.52. The lowest BCUT2D eigenvalue weighted by atomic mass is 10.0. The molecule has 0 atom stereocenters. The van der Waals surface area contributed by atoms with Gasteiger partial charge in [-0.15, -0.1) is 0 Å². The fourth-order valence-corrected chi connectivity index (χ4v) is 5.31. The maximum absolute atomic E-state index is 12.9. The molecule has 34 heavy (non-hydrogen) atoms. The van der Waals surface area contributed by atoms with Gasteiger partial charge in [-0.2, -0.15) is 0 Å². The third-order valence-electron chi connectivity index (χ3n) is 6.88. The van der Waals surface area contributed by atoms with Crippen molar-refractivity contribution in [2.24, 2.45) is 0 Å². The number of hydrogen-bond acceptors (Lipinski definition) is 1. The van der Waals surface area contributed by atoms with Gasteiger partial charge in [0.25, 0.3) is 0 Å². The molecule has 0 bridgehead atoms. The van der Waals surface area contributed by atoms with Crippen LogP contribution in [-0.4, -0.2) is 20.4 Å². The number of para-hydroxylation sites is 2. The predicted octanol–water partition coefficient (Wildman–Crippen LogP) is 7.75. The van der Waals surface area contributed by atoms with E-state index in [9.17, 15) is 4.79 Å². The third-order valence-corrected chi connectivity index (χ3v) is 6.88. The first-order valence-electron chi connectivity index (χ1n) is 11.4. The number of nitrogens with one attached hydrogen (secondary N) is 2. The Balaban J connectivity index is 1.48. The Hall–Kier alpha value is -4.57. The van der Waals surface area contributed by atoms with Gasteiger partial charge in [0.2, 0.25) is 5.91 Å². The molecule has 4 aromatic carbocycles. The van der Waals surface area contributed by atoms with Gasteiger partial charge in [0.15, 0.2) is 0 Å². The van der Waals surface area contributed by atoms with Crippen LogP contribution < -0.4 is 0 Å². The largest absolute Gasteiger partial charge is 0.361 e. The maximum Gasteiger partial charge on any atom is 0.228 e. The number of fused-ring (bicyclic) bond motifs is 5. The molecule has 4 heteroatoms. The van der Waals surface area contributed by atoms with Crippen LogP contribution >= 0.6 is 0 Å². The zero-order valence-corrected chi connectivity index (χ0v) is 18.6. The lowest BCUT2D eigenvalue weighted by Crippen LogP contribution is -2.04. The minimum Gasteiger partial charge on any atom is -0.361 e. The second-order valence-corrected chi connectivity index (χ2v) is 8.81. The van der Waals surface area contributed by atoms with E-state index in [1.54, 1.807) is 6.92 Å². The van der Waals surface area contributed by atoms with Crippen molar-refractivity contribution in [3.8, 4) is 22.3 Å². The first-order valence-corrected chi connectivity index (χ1v) is 11.4. The van der Waals surface area contributed by atoms with E-state index in [2.05, 4.69) is 82.8 Å². The van der Waals surface area contributed by atoms with Gasteiger partial charge in [-0.25, -0.2) is 0 Å². The number of aromatic amines is 2. The number of hydrogen-bond donors (Lipinski definition) is 2. The smallest absolute Gasteiger partial charge is 0.228 e. The normalized spacial score (nSPS) is 11.8. The summed E-state index contributed by atoms with van der Waals surface area (Å²) >= 11 is 0. The number of carbonyl (C=O) groups excluding carboxylic acids is 1. The van der Waals surface area contributed by atoms with Gasteiger partial charge in [0.05, 0.1) is 11.0 Å². The Morgan fingerprint density at radius 2 is 1.09 bits per heavy atom. The Labute approximate surface area is 195 Å². The molecule has 3 heterocycles. The summed E-state index contributed by atoms with van der Waals surface area (Å²) < 4.78 is 1.85. The number of H-pyrrole nitrogens is 2. The summed E-state index contributed by atoms with van der Waals surface area (Å²) in [6.07, 6.45) is 4.09. The van der Waals surface area contributed by atoms with Crippen molar-refractivity contribution in [2.45, 2.75) is 6.92 Å². The molecule has 0 radical (unpaired) electrons. The molecular weight excluding hydrogens is 418 g/mol. The number of rotatable bonds is 2. The molecule has 7 rings (SSSR count). The van der Waals surface area contributed by atoms with Crippen molar-refractivity contribution in [1.82, 2.24) is 14.5 Å². The molecule has 3 aromatic heterocycles. The zero-order valence-electron chi connectivity index (χ0n) is 18.6. The minimum absolute atomic E-state index is 0.00662. The molecule has 162 valence electrons. The minimum atomic E-state index is 0.00662. The molecule has 2 N–H and O–H groups in total. The Morgan fingerprint density at radius 1 is 0.618 bits per heavy atom. The Kier molecular flexibility index (Phi) is 3.88. The van der Waals surface area contributed by atoms with E-state index in [4.69, 9.17) is 0 Å². The molecule has 0 amide bonds. The molecule has 0 fully saturated rings. The first-order chi connectivity index (χ1) is 16.7.